The summed E-state index contributed by atoms with van der Waals surface area (Å²) in [7, 11) is 6.13. The molecule has 0 saturated carbocycles. The molecule has 1 fully saturated rings. The van der Waals surface area contributed by atoms with E-state index >= 15 is 0 Å². The molecule has 1 saturated heterocycles. The molecule has 2 heterocycles. The number of nitrogens with one attached hydrogen (secondary N) is 1. The summed E-state index contributed by atoms with van der Waals surface area (Å²) in [5.41, 5.74) is 1.02. The maximum atomic E-state index is 12.9. The summed E-state index contributed by atoms with van der Waals surface area (Å²) >= 11 is 0. The van der Waals surface area contributed by atoms with Crippen molar-refractivity contribution >= 4 is 11.6 Å². The minimum atomic E-state index is -0.890. The number of carbonyl (C=O) groups is 1. The van der Waals surface area contributed by atoms with Crippen LogP contribution in [0.5, 0.6) is 0 Å². The molecule has 1 aromatic heterocycles. The Morgan fingerprint density at radius 2 is 1.88 bits per heavy atom. The molecule has 180 valence electrons. The number of amides is 1. The van der Waals surface area contributed by atoms with Crippen molar-refractivity contribution in [2.24, 2.45) is 0 Å². The maximum Gasteiger partial charge on any atom is 0.333 e. The van der Waals surface area contributed by atoms with Gasteiger partial charge in [-0.05, 0) is 37.6 Å². The summed E-state index contributed by atoms with van der Waals surface area (Å²) in [4.78, 5) is 37.9. The standard InChI is InChI=1S/C23H32N4O6/c1-15-13-26(20-12-18(29)19(14-28)33-20)23(32)25(22(15)31)11-5-10-24-21(30)16-6-8-17(9-7-16)27(2,3)4/h6-9,13,18-20,28-29H,5,10-12,14H2,1-4H3/p+1/t18-,19+,20+/m0/s1. The third-order valence-corrected chi connectivity index (χ3v) is 5.81. The van der Waals surface area contributed by atoms with Gasteiger partial charge < -0.3 is 20.3 Å². The van der Waals surface area contributed by atoms with Crippen LogP contribution in [0.3, 0.4) is 0 Å². The minimum absolute atomic E-state index is 0.124. The molecule has 0 spiro atoms. The second kappa shape index (κ2) is 10.0. The van der Waals surface area contributed by atoms with Crippen LogP contribution in [0.1, 0.15) is 35.0 Å². The Labute approximate surface area is 192 Å². The van der Waals surface area contributed by atoms with Crippen molar-refractivity contribution in [3.8, 4) is 0 Å². The molecule has 0 unspecified atom stereocenters. The van der Waals surface area contributed by atoms with Crippen LogP contribution in [0.15, 0.2) is 40.1 Å². The molecule has 1 amide bonds. The predicted octanol–water partition coefficient (Wildman–Crippen LogP) is -0.0241. The zero-order valence-electron chi connectivity index (χ0n) is 19.5. The molecule has 2 aromatic rings. The number of quaternary nitrogens is 1. The van der Waals surface area contributed by atoms with E-state index in [0.29, 0.717) is 28.6 Å². The van der Waals surface area contributed by atoms with Crippen LogP contribution >= 0.6 is 0 Å². The number of aliphatic hydroxyl groups excluding tert-OH is 2. The van der Waals surface area contributed by atoms with E-state index in [9.17, 15) is 24.6 Å². The van der Waals surface area contributed by atoms with E-state index < -0.39 is 29.7 Å². The number of nitrogens with zero attached hydrogens (tertiary/aromatic N) is 3. The van der Waals surface area contributed by atoms with Crippen LogP contribution in [-0.2, 0) is 11.3 Å². The first-order valence-corrected chi connectivity index (χ1v) is 11.0. The maximum absolute atomic E-state index is 12.9. The summed E-state index contributed by atoms with van der Waals surface area (Å²) in [6.45, 7) is 1.66. The Morgan fingerprint density at radius 3 is 2.45 bits per heavy atom. The van der Waals surface area contributed by atoms with Gasteiger partial charge in [0.25, 0.3) is 11.5 Å². The Kier molecular flexibility index (Phi) is 7.53. The average Bonchev–Trinajstić information content (AvgIpc) is 3.15. The lowest BCUT2D eigenvalue weighted by atomic mass is 10.1. The van der Waals surface area contributed by atoms with Crippen molar-refractivity contribution in [1.29, 1.82) is 0 Å². The molecule has 0 bridgehead atoms. The first-order chi connectivity index (χ1) is 15.5. The molecule has 10 heteroatoms. The lowest BCUT2D eigenvalue weighted by Gasteiger charge is -2.23. The van der Waals surface area contributed by atoms with Gasteiger partial charge in [-0.2, -0.15) is 0 Å². The molecule has 1 aliphatic heterocycles. The third-order valence-electron chi connectivity index (χ3n) is 5.81. The lowest BCUT2D eigenvalue weighted by molar-refractivity contribution is -0.0464. The highest BCUT2D eigenvalue weighted by Gasteiger charge is 2.35. The van der Waals surface area contributed by atoms with Crippen LogP contribution in [0, 0.1) is 6.92 Å². The molecule has 0 radical (unpaired) electrons. The minimum Gasteiger partial charge on any atom is -0.394 e. The molecule has 3 atom stereocenters. The van der Waals surface area contributed by atoms with E-state index in [2.05, 4.69) is 5.32 Å². The first-order valence-electron chi connectivity index (χ1n) is 11.0. The van der Waals surface area contributed by atoms with E-state index in [1.54, 1.807) is 19.1 Å². The van der Waals surface area contributed by atoms with Crippen LogP contribution < -0.4 is 21.0 Å². The summed E-state index contributed by atoms with van der Waals surface area (Å²) in [5, 5.41) is 22.1. The third kappa shape index (κ3) is 5.59. The van der Waals surface area contributed by atoms with E-state index in [1.807, 2.05) is 33.3 Å². The van der Waals surface area contributed by atoms with Gasteiger partial charge in [-0.3, -0.25) is 23.2 Å². The molecular formula is C23H33N4O6+. The number of rotatable bonds is 8. The van der Waals surface area contributed by atoms with E-state index in [0.717, 1.165) is 10.3 Å². The Morgan fingerprint density at radius 1 is 1.21 bits per heavy atom. The fourth-order valence-electron chi connectivity index (χ4n) is 3.81. The fourth-order valence-corrected chi connectivity index (χ4v) is 3.81. The van der Waals surface area contributed by atoms with Gasteiger partial charge in [0.2, 0.25) is 0 Å². The van der Waals surface area contributed by atoms with Crippen molar-refractivity contribution in [3.63, 3.8) is 0 Å². The van der Waals surface area contributed by atoms with Gasteiger partial charge in [0, 0.05) is 36.8 Å². The SMILES string of the molecule is Cc1cn([C@H]2C[C@H](O)[C@@H](CO)O2)c(=O)n(CCCNC(=O)c2ccc([N+](C)(C)C)cc2)c1=O. The van der Waals surface area contributed by atoms with Gasteiger partial charge in [0.1, 0.15) is 18.0 Å². The van der Waals surface area contributed by atoms with Crippen molar-refractivity contribution in [3.05, 3.63) is 62.4 Å². The second-order valence-corrected chi connectivity index (χ2v) is 9.24. The van der Waals surface area contributed by atoms with Gasteiger partial charge >= 0.3 is 5.69 Å². The number of carbonyl (C=O) groups excluding carboxylic acids is 1. The predicted molar refractivity (Wildman–Crippen MR) is 124 cm³/mol. The molecular weight excluding hydrogens is 428 g/mol. The lowest BCUT2D eigenvalue weighted by Crippen LogP contribution is -2.42. The van der Waals surface area contributed by atoms with Crippen molar-refractivity contribution in [2.75, 3.05) is 34.3 Å². The Bertz CT molecular complexity index is 1100. The van der Waals surface area contributed by atoms with Gasteiger partial charge in [0.15, 0.2) is 0 Å². The van der Waals surface area contributed by atoms with E-state index in [-0.39, 0.29) is 25.5 Å². The van der Waals surface area contributed by atoms with Gasteiger partial charge in [-0.25, -0.2) is 4.79 Å². The summed E-state index contributed by atoms with van der Waals surface area (Å²) in [6, 6.07) is 7.36. The summed E-state index contributed by atoms with van der Waals surface area (Å²) in [6.07, 6.45) is -0.474. The van der Waals surface area contributed by atoms with E-state index in [4.69, 9.17) is 4.74 Å². The topological polar surface area (TPSA) is 123 Å². The molecule has 3 rings (SSSR count). The van der Waals surface area contributed by atoms with Crippen molar-refractivity contribution < 1.29 is 19.7 Å². The summed E-state index contributed by atoms with van der Waals surface area (Å²) in [5.74, 6) is -0.222. The normalized spacial score (nSPS) is 20.7. The average molecular weight is 462 g/mol. The molecule has 33 heavy (non-hydrogen) atoms. The Hall–Kier alpha value is -2.79. The number of hydrogen-bond acceptors (Lipinski definition) is 6. The number of benzene rings is 1. The fraction of sp³-hybridized carbons (Fsp3) is 0.522. The Balaban J connectivity index is 1.63. The molecule has 3 N–H and O–H groups in total. The quantitative estimate of drug-likeness (QED) is 0.375. The van der Waals surface area contributed by atoms with Gasteiger partial charge in [-0.15, -0.1) is 0 Å². The monoisotopic (exact) mass is 461 g/mol. The molecule has 1 aliphatic rings. The van der Waals surface area contributed by atoms with E-state index in [1.165, 1.54) is 10.8 Å². The second-order valence-electron chi connectivity index (χ2n) is 9.24. The number of aromatic nitrogens is 2. The highest BCUT2D eigenvalue weighted by molar-refractivity contribution is 5.94. The summed E-state index contributed by atoms with van der Waals surface area (Å²) < 4.78 is 8.61. The van der Waals surface area contributed by atoms with Gasteiger partial charge in [0.05, 0.1) is 33.9 Å². The van der Waals surface area contributed by atoms with Crippen molar-refractivity contribution in [2.45, 2.75) is 44.7 Å². The first kappa shape index (κ1) is 24.8. The number of ether oxygens (including phenoxy) is 1. The smallest absolute Gasteiger partial charge is 0.333 e. The van der Waals surface area contributed by atoms with Crippen LogP contribution in [-0.4, -0.2) is 71.8 Å². The molecule has 1 aromatic carbocycles. The largest absolute Gasteiger partial charge is 0.394 e. The zero-order valence-corrected chi connectivity index (χ0v) is 19.5. The zero-order chi connectivity index (χ0) is 24.3. The highest BCUT2D eigenvalue weighted by atomic mass is 16.5. The molecule has 0 aliphatic carbocycles. The van der Waals surface area contributed by atoms with Crippen LogP contribution in [0.25, 0.3) is 0 Å². The van der Waals surface area contributed by atoms with Gasteiger partial charge in [-0.1, -0.05) is 0 Å². The van der Waals surface area contributed by atoms with Crippen molar-refractivity contribution in [1.82, 2.24) is 18.9 Å². The van der Waals surface area contributed by atoms with Crippen LogP contribution in [0.4, 0.5) is 5.69 Å². The molecule has 10 nitrogen and oxygen atoms in total. The highest BCUT2D eigenvalue weighted by Crippen LogP contribution is 2.27. The number of hydrogen-bond donors (Lipinski definition) is 3. The number of aryl methyl sites for hydroxylation is 1. The number of aliphatic hydroxyl groups is 2. The van der Waals surface area contributed by atoms with Crippen LogP contribution in [0.2, 0.25) is 0 Å².